The third kappa shape index (κ3) is 2.83. The first-order valence-corrected chi connectivity index (χ1v) is 6.28. The fourth-order valence-corrected chi connectivity index (χ4v) is 2.09. The van der Waals surface area contributed by atoms with Crippen LogP contribution < -0.4 is 16.2 Å². The zero-order valence-corrected chi connectivity index (χ0v) is 11.0. The topological polar surface area (TPSA) is 50.5 Å². The quantitative estimate of drug-likeness (QED) is 0.631. The van der Waals surface area contributed by atoms with Crippen molar-refractivity contribution in [3.8, 4) is 0 Å². The van der Waals surface area contributed by atoms with E-state index >= 15 is 0 Å². The molecule has 1 aromatic carbocycles. The van der Waals surface area contributed by atoms with Gasteiger partial charge in [-0.3, -0.25) is 5.84 Å². The third-order valence-corrected chi connectivity index (χ3v) is 3.16. The van der Waals surface area contributed by atoms with E-state index in [-0.39, 0.29) is 6.04 Å². The standard InChI is InChI=1S/C14H21N3O/c1-17(2)12-8-6-11(7-9-12)14(16-15)13-5-3-4-10-18-13/h5-9,14,16H,3-4,10,15H2,1-2H3. The normalized spacial score (nSPS) is 16.7. The van der Waals surface area contributed by atoms with Crippen molar-refractivity contribution in [1.82, 2.24) is 5.43 Å². The number of anilines is 1. The van der Waals surface area contributed by atoms with E-state index in [0.717, 1.165) is 30.8 Å². The summed E-state index contributed by atoms with van der Waals surface area (Å²) in [7, 11) is 4.06. The molecule has 2 rings (SSSR count). The molecule has 4 nitrogen and oxygen atoms in total. The first-order chi connectivity index (χ1) is 8.72. The van der Waals surface area contributed by atoms with Gasteiger partial charge in [0.25, 0.3) is 0 Å². The number of allylic oxidation sites excluding steroid dienone is 1. The maximum atomic E-state index is 5.67. The second-order valence-corrected chi connectivity index (χ2v) is 4.68. The number of benzene rings is 1. The molecule has 1 heterocycles. The van der Waals surface area contributed by atoms with Crippen molar-refractivity contribution in [2.24, 2.45) is 5.84 Å². The van der Waals surface area contributed by atoms with Crippen LogP contribution in [0.25, 0.3) is 0 Å². The van der Waals surface area contributed by atoms with E-state index in [1.54, 1.807) is 0 Å². The molecular formula is C14H21N3O. The lowest BCUT2D eigenvalue weighted by Crippen LogP contribution is -2.31. The van der Waals surface area contributed by atoms with Crippen LogP contribution in [0.15, 0.2) is 36.1 Å². The smallest absolute Gasteiger partial charge is 0.115 e. The second kappa shape index (κ2) is 5.89. The minimum atomic E-state index is -0.0542. The number of hydrogen-bond donors (Lipinski definition) is 2. The molecule has 0 bridgehead atoms. The van der Waals surface area contributed by atoms with E-state index in [1.165, 1.54) is 5.69 Å². The summed E-state index contributed by atoms with van der Waals surface area (Å²) >= 11 is 0. The van der Waals surface area contributed by atoms with E-state index < -0.39 is 0 Å². The Hall–Kier alpha value is -1.52. The van der Waals surface area contributed by atoms with E-state index in [0.29, 0.717) is 0 Å². The molecule has 18 heavy (non-hydrogen) atoms. The molecular weight excluding hydrogens is 226 g/mol. The second-order valence-electron chi connectivity index (χ2n) is 4.68. The van der Waals surface area contributed by atoms with Gasteiger partial charge < -0.3 is 9.64 Å². The largest absolute Gasteiger partial charge is 0.496 e. The molecule has 0 radical (unpaired) electrons. The summed E-state index contributed by atoms with van der Waals surface area (Å²) in [6.07, 6.45) is 4.26. The van der Waals surface area contributed by atoms with Crippen molar-refractivity contribution < 1.29 is 4.74 Å². The van der Waals surface area contributed by atoms with Gasteiger partial charge in [-0.1, -0.05) is 12.1 Å². The Bertz CT molecular complexity index is 412. The summed E-state index contributed by atoms with van der Waals surface area (Å²) in [6, 6.07) is 8.28. The molecule has 1 atom stereocenters. The van der Waals surface area contributed by atoms with Crippen LogP contribution in [0, 0.1) is 0 Å². The number of hydrazine groups is 1. The van der Waals surface area contributed by atoms with Crippen molar-refractivity contribution in [3.63, 3.8) is 0 Å². The first kappa shape index (κ1) is 12.9. The number of nitrogens with one attached hydrogen (secondary N) is 1. The van der Waals surface area contributed by atoms with Crippen LogP contribution in [-0.2, 0) is 4.74 Å². The van der Waals surface area contributed by atoms with E-state index in [4.69, 9.17) is 10.6 Å². The van der Waals surface area contributed by atoms with Gasteiger partial charge in [0.15, 0.2) is 0 Å². The number of nitrogens with zero attached hydrogens (tertiary/aromatic N) is 1. The summed E-state index contributed by atoms with van der Waals surface area (Å²) in [5.74, 6) is 6.58. The van der Waals surface area contributed by atoms with Crippen molar-refractivity contribution >= 4 is 5.69 Å². The van der Waals surface area contributed by atoms with Crippen molar-refractivity contribution in [3.05, 3.63) is 41.7 Å². The molecule has 1 unspecified atom stereocenters. The molecule has 0 aromatic heterocycles. The number of hydrogen-bond acceptors (Lipinski definition) is 4. The monoisotopic (exact) mass is 247 g/mol. The summed E-state index contributed by atoms with van der Waals surface area (Å²) in [4.78, 5) is 2.07. The SMILES string of the molecule is CN(C)c1ccc(C(NN)C2=CCCCO2)cc1. The Labute approximate surface area is 108 Å². The van der Waals surface area contributed by atoms with E-state index in [2.05, 4.69) is 40.7 Å². The molecule has 98 valence electrons. The highest BCUT2D eigenvalue weighted by atomic mass is 16.5. The zero-order valence-electron chi connectivity index (χ0n) is 11.0. The van der Waals surface area contributed by atoms with Crippen LogP contribution in [0.4, 0.5) is 5.69 Å². The van der Waals surface area contributed by atoms with Gasteiger partial charge in [-0.05, 0) is 36.6 Å². The van der Waals surface area contributed by atoms with E-state index in [9.17, 15) is 0 Å². The van der Waals surface area contributed by atoms with Gasteiger partial charge in [0.1, 0.15) is 11.8 Å². The highest BCUT2D eigenvalue weighted by Gasteiger charge is 2.18. The molecule has 0 saturated carbocycles. The maximum Gasteiger partial charge on any atom is 0.115 e. The Morgan fingerprint density at radius 1 is 1.28 bits per heavy atom. The van der Waals surface area contributed by atoms with Gasteiger partial charge in [0, 0.05) is 19.8 Å². The highest BCUT2D eigenvalue weighted by Crippen LogP contribution is 2.26. The molecule has 1 aliphatic rings. The molecule has 0 saturated heterocycles. The fraction of sp³-hybridized carbons (Fsp3) is 0.429. The van der Waals surface area contributed by atoms with Crippen molar-refractivity contribution in [2.75, 3.05) is 25.6 Å². The van der Waals surface area contributed by atoms with Gasteiger partial charge in [-0.25, -0.2) is 5.43 Å². The minimum Gasteiger partial charge on any atom is -0.496 e. The number of rotatable bonds is 4. The van der Waals surface area contributed by atoms with Crippen LogP contribution in [0.2, 0.25) is 0 Å². The summed E-state index contributed by atoms with van der Waals surface area (Å²) in [5, 5.41) is 0. The molecule has 3 N–H and O–H groups in total. The maximum absolute atomic E-state index is 5.67. The Kier molecular flexibility index (Phi) is 4.23. The summed E-state index contributed by atoms with van der Waals surface area (Å²) in [5.41, 5.74) is 5.13. The van der Waals surface area contributed by atoms with Crippen molar-refractivity contribution in [2.45, 2.75) is 18.9 Å². The van der Waals surface area contributed by atoms with Gasteiger partial charge in [-0.2, -0.15) is 0 Å². The lowest BCUT2D eigenvalue weighted by Gasteiger charge is -2.24. The molecule has 0 spiro atoms. The van der Waals surface area contributed by atoms with Crippen LogP contribution >= 0.6 is 0 Å². The van der Waals surface area contributed by atoms with Crippen LogP contribution in [-0.4, -0.2) is 20.7 Å². The van der Waals surface area contributed by atoms with Crippen LogP contribution in [0.3, 0.4) is 0 Å². The van der Waals surface area contributed by atoms with Crippen LogP contribution in [0.5, 0.6) is 0 Å². The highest BCUT2D eigenvalue weighted by molar-refractivity contribution is 5.47. The predicted octanol–water partition coefficient (Wildman–Crippen LogP) is 1.95. The summed E-state index contributed by atoms with van der Waals surface area (Å²) < 4.78 is 5.67. The summed E-state index contributed by atoms with van der Waals surface area (Å²) in [6.45, 7) is 0.778. The molecule has 0 aliphatic carbocycles. The average molecular weight is 247 g/mol. The van der Waals surface area contributed by atoms with Gasteiger partial charge in [-0.15, -0.1) is 0 Å². The Morgan fingerprint density at radius 3 is 2.50 bits per heavy atom. The van der Waals surface area contributed by atoms with Crippen molar-refractivity contribution in [1.29, 1.82) is 0 Å². The fourth-order valence-electron chi connectivity index (χ4n) is 2.09. The average Bonchev–Trinajstić information content (AvgIpc) is 2.41. The molecule has 0 fully saturated rings. The molecule has 4 heteroatoms. The third-order valence-electron chi connectivity index (χ3n) is 3.16. The van der Waals surface area contributed by atoms with Gasteiger partial charge in [0.2, 0.25) is 0 Å². The van der Waals surface area contributed by atoms with Gasteiger partial charge >= 0.3 is 0 Å². The predicted molar refractivity (Wildman–Crippen MR) is 74.1 cm³/mol. The number of ether oxygens (including phenoxy) is 1. The molecule has 1 aromatic rings. The minimum absolute atomic E-state index is 0.0542. The van der Waals surface area contributed by atoms with E-state index in [1.807, 2.05) is 14.1 Å². The lowest BCUT2D eigenvalue weighted by molar-refractivity contribution is 0.168. The number of nitrogens with two attached hydrogens (primary N) is 1. The first-order valence-electron chi connectivity index (χ1n) is 6.28. The Balaban J connectivity index is 2.19. The molecule has 0 amide bonds. The zero-order chi connectivity index (χ0) is 13.0. The molecule has 1 aliphatic heterocycles. The van der Waals surface area contributed by atoms with Crippen LogP contribution in [0.1, 0.15) is 24.4 Å². The lowest BCUT2D eigenvalue weighted by atomic mass is 10.0. The van der Waals surface area contributed by atoms with Gasteiger partial charge in [0.05, 0.1) is 6.61 Å². The Morgan fingerprint density at radius 2 is 2.00 bits per heavy atom.